The molecule has 0 spiro atoms. The molecule has 0 heterocycles. The Balaban J connectivity index is 2.12. The highest BCUT2D eigenvalue weighted by Crippen LogP contribution is 2.22. The molecule has 1 rings (SSSR count). The summed E-state index contributed by atoms with van der Waals surface area (Å²) < 4.78 is 0. The zero-order chi connectivity index (χ0) is 15.3. The molecule has 2 heteroatoms. The van der Waals surface area contributed by atoms with E-state index in [0.717, 1.165) is 6.54 Å². The number of hydrogen-bond acceptors (Lipinski definition) is 2. The molecule has 0 fully saturated rings. The van der Waals surface area contributed by atoms with E-state index in [0.29, 0.717) is 6.04 Å². The second kappa shape index (κ2) is 12.1. The van der Waals surface area contributed by atoms with Gasteiger partial charge in [-0.3, -0.25) is 0 Å². The van der Waals surface area contributed by atoms with Crippen LogP contribution in [-0.4, -0.2) is 12.3 Å². The molecule has 0 saturated heterocycles. The largest absolute Gasteiger partial charge is 0.310 e. The maximum atomic E-state index is 3.46. The van der Waals surface area contributed by atoms with Gasteiger partial charge < -0.3 is 5.32 Å². The lowest BCUT2D eigenvalue weighted by Crippen LogP contribution is -2.17. The van der Waals surface area contributed by atoms with Gasteiger partial charge in [-0.15, -0.1) is 11.8 Å². The highest BCUT2D eigenvalue weighted by molar-refractivity contribution is 7.99. The van der Waals surface area contributed by atoms with Gasteiger partial charge in [-0.05, 0) is 43.3 Å². The van der Waals surface area contributed by atoms with Gasteiger partial charge in [0.2, 0.25) is 0 Å². The van der Waals surface area contributed by atoms with Crippen molar-refractivity contribution in [1.82, 2.24) is 5.32 Å². The SMILES string of the molecule is CCCCCCCCCSc1ccc(C(C)NCC)cc1. The monoisotopic (exact) mass is 307 g/mol. The quantitative estimate of drug-likeness (QED) is 0.364. The van der Waals surface area contributed by atoms with Crippen LogP contribution in [0, 0.1) is 0 Å². The van der Waals surface area contributed by atoms with Crippen LogP contribution in [0.4, 0.5) is 0 Å². The molecule has 21 heavy (non-hydrogen) atoms. The molecular weight excluding hydrogens is 274 g/mol. The zero-order valence-electron chi connectivity index (χ0n) is 14.2. The van der Waals surface area contributed by atoms with Crippen LogP contribution in [0.2, 0.25) is 0 Å². The number of nitrogens with one attached hydrogen (secondary N) is 1. The lowest BCUT2D eigenvalue weighted by atomic mass is 10.1. The van der Waals surface area contributed by atoms with Crippen molar-refractivity contribution in [2.75, 3.05) is 12.3 Å². The first kappa shape index (κ1) is 18.6. The van der Waals surface area contributed by atoms with Crippen molar-refractivity contribution in [3.63, 3.8) is 0 Å². The van der Waals surface area contributed by atoms with Crippen molar-refractivity contribution in [1.29, 1.82) is 0 Å². The van der Waals surface area contributed by atoms with Crippen LogP contribution in [0.1, 0.15) is 77.3 Å². The third-order valence-electron chi connectivity index (χ3n) is 3.91. The molecule has 1 nitrogen and oxygen atoms in total. The van der Waals surface area contributed by atoms with Gasteiger partial charge in [0.15, 0.2) is 0 Å². The van der Waals surface area contributed by atoms with Crippen LogP contribution in [0.15, 0.2) is 29.2 Å². The minimum Gasteiger partial charge on any atom is -0.310 e. The maximum absolute atomic E-state index is 3.46. The molecule has 0 saturated carbocycles. The summed E-state index contributed by atoms with van der Waals surface area (Å²) in [5.41, 5.74) is 1.39. The topological polar surface area (TPSA) is 12.0 Å². The number of benzene rings is 1. The Kier molecular flexibility index (Phi) is 10.7. The first-order valence-corrected chi connectivity index (χ1v) is 9.72. The Labute approximate surface area is 136 Å². The van der Waals surface area contributed by atoms with Gasteiger partial charge in [-0.1, -0.05) is 64.5 Å². The van der Waals surface area contributed by atoms with E-state index < -0.39 is 0 Å². The van der Waals surface area contributed by atoms with E-state index in [1.807, 2.05) is 11.8 Å². The molecule has 120 valence electrons. The Hall–Kier alpha value is -0.470. The van der Waals surface area contributed by atoms with E-state index in [4.69, 9.17) is 0 Å². The van der Waals surface area contributed by atoms with Crippen LogP contribution in [0.25, 0.3) is 0 Å². The summed E-state index contributed by atoms with van der Waals surface area (Å²) in [5, 5.41) is 3.46. The second-order valence-electron chi connectivity index (χ2n) is 5.82. The van der Waals surface area contributed by atoms with Crippen LogP contribution in [0.5, 0.6) is 0 Å². The molecule has 1 aromatic rings. The summed E-state index contributed by atoms with van der Waals surface area (Å²) in [5.74, 6) is 1.26. The van der Waals surface area contributed by atoms with Crippen LogP contribution in [0.3, 0.4) is 0 Å². The highest BCUT2D eigenvalue weighted by atomic mass is 32.2. The number of thioether (sulfide) groups is 1. The molecule has 0 amide bonds. The molecule has 0 aromatic heterocycles. The van der Waals surface area contributed by atoms with E-state index in [-0.39, 0.29) is 0 Å². The molecule has 0 radical (unpaired) electrons. The normalized spacial score (nSPS) is 12.5. The van der Waals surface area contributed by atoms with E-state index in [1.54, 1.807) is 0 Å². The zero-order valence-corrected chi connectivity index (χ0v) is 15.0. The average molecular weight is 308 g/mol. The fourth-order valence-corrected chi connectivity index (χ4v) is 3.44. The highest BCUT2D eigenvalue weighted by Gasteiger charge is 2.03. The van der Waals surface area contributed by atoms with Crippen molar-refractivity contribution in [2.24, 2.45) is 0 Å². The summed E-state index contributed by atoms with van der Waals surface area (Å²) in [6, 6.07) is 9.53. The standard InChI is InChI=1S/C19H33NS/c1-4-6-7-8-9-10-11-16-21-19-14-12-18(13-15-19)17(3)20-5-2/h12-15,17,20H,4-11,16H2,1-3H3. The van der Waals surface area contributed by atoms with Crippen LogP contribution in [-0.2, 0) is 0 Å². The minimum atomic E-state index is 0.456. The Morgan fingerprint density at radius 2 is 1.52 bits per heavy atom. The van der Waals surface area contributed by atoms with Gasteiger partial charge in [0, 0.05) is 10.9 Å². The van der Waals surface area contributed by atoms with Crippen molar-refractivity contribution in [3.05, 3.63) is 29.8 Å². The molecule has 0 bridgehead atoms. The molecule has 0 aliphatic carbocycles. The first-order valence-electron chi connectivity index (χ1n) is 8.74. The van der Waals surface area contributed by atoms with Gasteiger partial charge in [0.05, 0.1) is 0 Å². The average Bonchev–Trinajstić information content (AvgIpc) is 2.51. The van der Waals surface area contributed by atoms with Crippen molar-refractivity contribution >= 4 is 11.8 Å². The van der Waals surface area contributed by atoms with E-state index in [1.165, 1.54) is 61.2 Å². The second-order valence-corrected chi connectivity index (χ2v) is 6.99. The third kappa shape index (κ3) is 8.53. The fourth-order valence-electron chi connectivity index (χ4n) is 2.53. The maximum Gasteiger partial charge on any atom is 0.0291 e. The molecule has 1 aromatic carbocycles. The molecule has 0 aliphatic heterocycles. The van der Waals surface area contributed by atoms with Crippen LogP contribution >= 0.6 is 11.8 Å². The Bertz CT molecular complexity index is 347. The lowest BCUT2D eigenvalue weighted by molar-refractivity contribution is 0.598. The van der Waals surface area contributed by atoms with E-state index in [2.05, 4.69) is 50.4 Å². The third-order valence-corrected chi connectivity index (χ3v) is 5.01. The summed E-state index contributed by atoms with van der Waals surface area (Å²) >= 11 is 2.00. The minimum absolute atomic E-state index is 0.456. The summed E-state index contributed by atoms with van der Waals surface area (Å²) in [7, 11) is 0. The lowest BCUT2D eigenvalue weighted by Gasteiger charge is -2.13. The summed E-state index contributed by atoms with van der Waals surface area (Å²) in [4.78, 5) is 1.41. The predicted molar refractivity (Wildman–Crippen MR) is 97.3 cm³/mol. The predicted octanol–water partition coefficient (Wildman–Crippen LogP) is 6.20. The molecule has 0 aliphatic rings. The molecule has 1 atom stereocenters. The number of hydrogen-bond donors (Lipinski definition) is 1. The van der Waals surface area contributed by atoms with E-state index >= 15 is 0 Å². The smallest absolute Gasteiger partial charge is 0.0291 e. The molecule has 1 N–H and O–H groups in total. The van der Waals surface area contributed by atoms with Gasteiger partial charge >= 0.3 is 0 Å². The number of rotatable bonds is 12. The van der Waals surface area contributed by atoms with Crippen molar-refractivity contribution in [2.45, 2.75) is 76.7 Å². The van der Waals surface area contributed by atoms with Gasteiger partial charge in [-0.25, -0.2) is 0 Å². The Morgan fingerprint density at radius 3 is 2.14 bits per heavy atom. The fraction of sp³-hybridized carbons (Fsp3) is 0.684. The molecule has 1 unspecified atom stereocenters. The van der Waals surface area contributed by atoms with Crippen molar-refractivity contribution < 1.29 is 0 Å². The molecular formula is C19H33NS. The summed E-state index contributed by atoms with van der Waals surface area (Å²) in [6.45, 7) is 7.68. The van der Waals surface area contributed by atoms with Crippen LogP contribution < -0.4 is 5.32 Å². The van der Waals surface area contributed by atoms with E-state index in [9.17, 15) is 0 Å². The van der Waals surface area contributed by atoms with Gasteiger partial charge in [-0.2, -0.15) is 0 Å². The summed E-state index contributed by atoms with van der Waals surface area (Å²) in [6.07, 6.45) is 9.77. The van der Waals surface area contributed by atoms with Crippen molar-refractivity contribution in [3.8, 4) is 0 Å². The van der Waals surface area contributed by atoms with Gasteiger partial charge in [0.1, 0.15) is 0 Å². The first-order chi connectivity index (χ1) is 10.3. The number of unbranched alkanes of at least 4 members (excludes halogenated alkanes) is 6. The van der Waals surface area contributed by atoms with Gasteiger partial charge in [0.25, 0.3) is 0 Å². The Morgan fingerprint density at radius 1 is 0.905 bits per heavy atom.